The van der Waals surface area contributed by atoms with Gasteiger partial charge in [0.2, 0.25) is 0 Å². The Bertz CT molecular complexity index is 401. The standard InChI is InChI=1S/C14H25N5/c1-11-16-13(18-12-6-4-5-7-12)10-14(17-11)19(3)9-8-15-2/h10,12,15H,4-9H2,1-3H3,(H,16,17,18). The average molecular weight is 263 g/mol. The van der Waals surface area contributed by atoms with E-state index in [1.165, 1.54) is 25.7 Å². The predicted octanol–water partition coefficient (Wildman–Crippen LogP) is 1.80. The first-order valence-electron chi connectivity index (χ1n) is 7.17. The van der Waals surface area contributed by atoms with E-state index in [9.17, 15) is 0 Å². The number of anilines is 2. The molecule has 0 saturated heterocycles. The fourth-order valence-corrected chi connectivity index (χ4v) is 2.49. The third-order valence-electron chi connectivity index (χ3n) is 3.62. The van der Waals surface area contributed by atoms with Crippen LogP contribution in [0.5, 0.6) is 0 Å². The van der Waals surface area contributed by atoms with Crippen molar-refractivity contribution in [2.75, 3.05) is 37.4 Å². The molecule has 0 bridgehead atoms. The lowest BCUT2D eigenvalue weighted by molar-refractivity contribution is 0.743. The second-order valence-corrected chi connectivity index (χ2v) is 5.31. The molecule has 0 radical (unpaired) electrons. The van der Waals surface area contributed by atoms with E-state index < -0.39 is 0 Å². The van der Waals surface area contributed by atoms with Gasteiger partial charge in [-0.1, -0.05) is 12.8 Å². The molecule has 5 nitrogen and oxygen atoms in total. The summed E-state index contributed by atoms with van der Waals surface area (Å²) in [6.07, 6.45) is 5.18. The highest BCUT2D eigenvalue weighted by Gasteiger charge is 2.16. The third kappa shape index (κ3) is 4.06. The minimum absolute atomic E-state index is 0.588. The number of likely N-dealkylation sites (N-methyl/N-ethyl adjacent to an activating group) is 2. The maximum atomic E-state index is 4.51. The van der Waals surface area contributed by atoms with Crippen LogP contribution in [0.4, 0.5) is 11.6 Å². The zero-order valence-corrected chi connectivity index (χ0v) is 12.2. The summed E-state index contributed by atoms with van der Waals surface area (Å²) in [5, 5.41) is 6.70. The SMILES string of the molecule is CNCCN(C)c1cc(NC2CCCC2)nc(C)n1. The van der Waals surface area contributed by atoms with Gasteiger partial charge in [-0.3, -0.25) is 0 Å². The highest BCUT2D eigenvalue weighted by Crippen LogP contribution is 2.23. The van der Waals surface area contributed by atoms with Gasteiger partial charge in [0.25, 0.3) is 0 Å². The van der Waals surface area contributed by atoms with Gasteiger partial charge < -0.3 is 15.5 Å². The largest absolute Gasteiger partial charge is 0.367 e. The monoisotopic (exact) mass is 263 g/mol. The van der Waals surface area contributed by atoms with Crippen molar-refractivity contribution in [2.24, 2.45) is 0 Å². The van der Waals surface area contributed by atoms with Crippen molar-refractivity contribution >= 4 is 11.6 Å². The van der Waals surface area contributed by atoms with Crippen LogP contribution in [0.25, 0.3) is 0 Å². The van der Waals surface area contributed by atoms with Gasteiger partial charge in [0.15, 0.2) is 0 Å². The van der Waals surface area contributed by atoms with Gasteiger partial charge in [-0.05, 0) is 26.8 Å². The van der Waals surface area contributed by atoms with Gasteiger partial charge in [0, 0.05) is 32.2 Å². The molecule has 1 aliphatic rings. The van der Waals surface area contributed by atoms with E-state index in [-0.39, 0.29) is 0 Å². The van der Waals surface area contributed by atoms with E-state index in [1.807, 2.05) is 14.0 Å². The second kappa shape index (κ2) is 6.70. The first-order valence-corrected chi connectivity index (χ1v) is 7.17. The number of nitrogens with zero attached hydrogens (tertiary/aromatic N) is 3. The molecule has 2 N–H and O–H groups in total. The quantitative estimate of drug-likeness (QED) is 0.819. The fourth-order valence-electron chi connectivity index (χ4n) is 2.49. The average Bonchev–Trinajstić information content (AvgIpc) is 2.88. The molecule has 1 fully saturated rings. The number of aryl methyl sites for hydroxylation is 1. The van der Waals surface area contributed by atoms with Crippen molar-refractivity contribution in [1.29, 1.82) is 0 Å². The van der Waals surface area contributed by atoms with E-state index in [0.29, 0.717) is 6.04 Å². The Hall–Kier alpha value is -1.36. The van der Waals surface area contributed by atoms with Crippen molar-refractivity contribution in [3.05, 3.63) is 11.9 Å². The molecule has 0 aromatic carbocycles. The Balaban J connectivity index is 2.05. The number of rotatable bonds is 6. The molecule has 5 heteroatoms. The van der Waals surface area contributed by atoms with E-state index in [1.54, 1.807) is 0 Å². The summed E-state index contributed by atoms with van der Waals surface area (Å²) in [5.41, 5.74) is 0. The van der Waals surface area contributed by atoms with E-state index in [0.717, 1.165) is 30.5 Å². The van der Waals surface area contributed by atoms with Crippen molar-refractivity contribution in [3.8, 4) is 0 Å². The molecule has 0 aliphatic heterocycles. The Morgan fingerprint density at radius 3 is 2.74 bits per heavy atom. The van der Waals surface area contributed by atoms with E-state index in [2.05, 4.69) is 38.6 Å². The Kier molecular flexibility index (Phi) is 4.96. The van der Waals surface area contributed by atoms with Gasteiger partial charge in [0.05, 0.1) is 0 Å². The lowest BCUT2D eigenvalue weighted by Crippen LogP contribution is -2.28. The third-order valence-corrected chi connectivity index (χ3v) is 3.62. The summed E-state index contributed by atoms with van der Waals surface area (Å²) in [7, 11) is 4.03. The summed E-state index contributed by atoms with van der Waals surface area (Å²) in [5.74, 6) is 2.78. The minimum Gasteiger partial charge on any atom is -0.367 e. The smallest absolute Gasteiger partial charge is 0.134 e. The minimum atomic E-state index is 0.588. The number of hydrogen-bond acceptors (Lipinski definition) is 5. The van der Waals surface area contributed by atoms with Gasteiger partial charge in [-0.2, -0.15) is 0 Å². The molecule has 1 saturated carbocycles. The molecule has 0 atom stereocenters. The van der Waals surface area contributed by atoms with Gasteiger partial charge >= 0.3 is 0 Å². The predicted molar refractivity (Wildman–Crippen MR) is 79.8 cm³/mol. The van der Waals surface area contributed by atoms with Crippen LogP contribution in [0, 0.1) is 6.92 Å². The van der Waals surface area contributed by atoms with Gasteiger partial charge in [-0.15, -0.1) is 0 Å². The molecule has 1 heterocycles. The summed E-state index contributed by atoms with van der Waals surface area (Å²) in [4.78, 5) is 11.2. The van der Waals surface area contributed by atoms with Crippen molar-refractivity contribution < 1.29 is 0 Å². The summed E-state index contributed by atoms with van der Waals surface area (Å²) >= 11 is 0. The molecule has 2 rings (SSSR count). The maximum absolute atomic E-state index is 4.51. The number of hydrogen-bond donors (Lipinski definition) is 2. The second-order valence-electron chi connectivity index (χ2n) is 5.31. The molecule has 0 amide bonds. The van der Waals surface area contributed by atoms with Crippen LogP contribution in [0.2, 0.25) is 0 Å². The van der Waals surface area contributed by atoms with Crippen LogP contribution >= 0.6 is 0 Å². The van der Waals surface area contributed by atoms with Crippen molar-refractivity contribution in [3.63, 3.8) is 0 Å². The van der Waals surface area contributed by atoms with Crippen LogP contribution in [0.15, 0.2) is 6.07 Å². The maximum Gasteiger partial charge on any atom is 0.134 e. The molecular formula is C14H25N5. The van der Waals surface area contributed by atoms with Crippen LogP contribution < -0.4 is 15.5 Å². The van der Waals surface area contributed by atoms with Crippen LogP contribution in [0.1, 0.15) is 31.5 Å². The van der Waals surface area contributed by atoms with Crippen LogP contribution in [-0.2, 0) is 0 Å². The fraction of sp³-hybridized carbons (Fsp3) is 0.714. The molecule has 0 spiro atoms. The zero-order valence-electron chi connectivity index (χ0n) is 12.2. The molecule has 19 heavy (non-hydrogen) atoms. The van der Waals surface area contributed by atoms with Crippen LogP contribution in [-0.4, -0.2) is 43.2 Å². The molecule has 0 unspecified atom stereocenters. The topological polar surface area (TPSA) is 53.1 Å². The Morgan fingerprint density at radius 2 is 2.05 bits per heavy atom. The molecular weight excluding hydrogens is 238 g/mol. The number of nitrogens with one attached hydrogen (secondary N) is 2. The van der Waals surface area contributed by atoms with Gasteiger partial charge in [-0.25, -0.2) is 9.97 Å². The highest BCUT2D eigenvalue weighted by molar-refractivity contribution is 5.49. The Morgan fingerprint density at radius 1 is 1.32 bits per heavy atom. The van der Waals surface area contributed by atoms with E-state index in [4.69, 9.17) is 0 Å². The summed E-state index contributed by atoms with van der Waals surface area (Å²) < 4.78 is 0. The first kappa shape index (κ1) is 14.1. The molecule has 1 aliphatic carbocycles. The first-order chi connectivity index (χ1) is 9.19. The lowest BCUT2D eigenvalue weighted by atomic mass is 10.2. The number of aromatic nitrogens is 2. The lowest BCUT2D eigenvalue weighted by Gasteiger charge is -2.20. The van der Waals surface area contributed by atoms with Crippen molar-refractivity contribution in [2.45, 2.75) is 38.6 Å². The molecule has 1 aromatic heterocycles. The summed E-state index contributed by atoms with van der Waals surface area (Å²) in [6.45, 7) is 3.84. The normalized spacial score (nSPS) is 15.7. The van der Waals surface area contributed by atoms with Crippen molar-refractivity contribution in [1.82, 2.24) is 15.3 Å². The molecule has 106 valence electrons. The van der Waals surface area contributed by atoms with Gasteiger partial charge in [0.1, 0.15) is 17.5 Å². The summed E-state index contributed by atoms with van der Waals surface area (Å²) in [6, 6.07) is 2.64. The van der Waals surface area contributed by atoms with E-state index >= 15 is 0 Å². The Labute approximate surface area is 115 Å². The molecule has 1 aromatic rings. The van der Waals surface area contributed by atoms with Crippen LogP contribution in [0.3, 0.4) is 0 Å². The zero-order chi connectivity index (χ0) is 13.7. The highest BCUT2D eigenvalue weighted by atomic mass is 15.2.